The third kappa shape index (κ3) is 3.08. The standard InChI is InChI=1S/C15H16N2O5/c1-21-11-5-3-4-9-13(11)17-8-10(14(9)19)15(20)16-7-6-12(18)22-2/h3-5,8H,6-7H2,1-2H3,(H,16,20)(H,17,19). The second kappa shape index (κ2) is 6.75. The molecule has 0 atom stereocenters. The predicted molar refractivity (Wildman–Crippen MR) is 80.1 cm³/mol. The highest BCUT2D eigenvalue weighted by Gasteiger charge is 2.14. The highest BCUT2D eigenvalue weighted by Crippen LogP contribution is 2.20. The van der Waals surface area contributed by atoms with Crippen molar-refractivity contribution in [3.63, 3.8) is 0 Å². The number of rotatable bonds is 5. The molecular weight excluding hydrogens is 288 g/mol. The number of carbonyl (C=O) groups excluding carboxylic acids is 2. The van der Waals surface area contributed by atoms with E-state index in [0.717, 1.165) is 0 Å². The molecule has 1 amide bonds. The Labute approximate surface area is 126 Å². The van der Waals surface area contributed by atoms with Crippen LogP contribution < -0.4 is 15.5 Å². The van der Waals surface area contributed by atoms with Crippen molar-refractivity contribution in [3.05, 3.63) is 40.2 Å². The van der Waals surface area contributed by atoms with Crippen molar-refractivity contribution >= 4 is 22.8 Å². The first-order valence-electron chi connectivity index (χ1n) is 6.62. The number of carbonyl (C=O) groups is 2. The molecule has 1 aromatic heterocycles. The van der Waals surface area contributed by atoms with Crippen LogP contribution >= 0.6 is 0 Å². The molecule has 1 aromatic carbocycles. The first-order valence-corrected chi connectivity index (χ1v) is 6.62. The van der Waals surface area contributed by atoms with Gasteiger partial charge in [-0.15, -0.1) is 0 Å². The van der Waals surface area contributed by atoms with Gasteiger partial charge >= 0.3 is 5.97 Å². The van der Waals surface area contributed by atoms with E-state index in [1.807, 2.05) is 0 Å². The molecule has 0 radical (unpaired) electrons. The fourth-order valence-corrected chi connectivity index (χ4v) is 2.04. The number of aromatic amines is 1. The quantitative estimate of drug-likeness (QED) is 0.797. The summed E-state index contributed by atoms with van der Waals surface area (Å²) in [6.45, 7) is 0.0983. The number of benzene rings is 1. The Morgan fingerprint density at radius 1 is 1.27 bits per heavy atom. The monoisotopic (exact) mass is 304 g/mol. The summed E-state index contributed by atoms with van der Waals surface area (Å²) in [7, 11) is 2.77. The van der Waals surface area contributed by atoms with E-state index in [1.54, 1.807) is 18.2 Å². The van der Waals surface area contributed by atoms with E-state index in [0.29, 0.717) is 16.7 Å². The highest BCUT2D eigenvalue weighted by molar-refractivity contribution is 5.98. The zero-order valence-corrected chi connectivity index (χ0v) is 12.3. The van der Waals surface area contributed by atoms with Crippen LogP contribution in [-0.4, -0.2) is 37.6 Å². The molecule has 2 aromatic rings. The minimum Gasteiger partial charge on any atom is -0.495 e. The van der Waals surface area contributed by atoms with E-state index in [-0.39, 0.29) is 18.5 Å². The number of aromatic nitrogens is 1. The van der Waals surface area contributed by atoms with Gasteiger partial charge in [0.1, 0.15) is 11.3 Å². The molecule has 0 aliphatic heterocycles. The summed E-state index contributed by atoms with van der Waals surface area (Å²) in [6.07, 6.45) is 1.38. The van der Waals surface area contributed by atoms with E-state index in [9.17, 15) is 14.4 Å². The molecule has 0 aliphatic carbocycles. The van der Waals surface area contributed by atoms with Crippen molar-refractivity contribution < 1.29 is 19.1 Å². The molecule has 0 fully saturated rings. The number of hydrogen-bond acceptors (Lipinski definition) is 5. The van der Waals surface area contributed by atoms with Crippen molar-refractivity contribution in [2.45, 2.75) is 6.42 Å². The number of fused-ring (bicyclic) bond motifs is 1. The lowest BCUT2D eigenvalue weighted by molar-refractivity contribution is -0.140. The molecule has 2 rings (SSSR count). The molecular formula is C15H16N2O5. The number of esters is 1. The summed E-state index contributed by atoms with van der Waals surface area (Å²) in [5.74, 6) is -0.459. The first-order chi connectivity index (χ1) is 10.6. The van der Waals surface area contributed by atoms with Crippen LogP contribution in [0.5, 0.6) is 5.75 Å². The van der Waals surface area contributed by atoms with Crippen molar-refractivity contribution in [2.75, 3.05) is 20.8 Å². The second-order valence-electron chi connectivity index (χ2n) is 4.50. The normalized spacial score (nSPS) is 10.3. The van der Waals surface area contributed by atoms with E-state index < -0.39 is 17.3 Å². The van der Waals surface area contributed by atoms with E-state index in [4.69, 9.17) is 4.74 Å². The first kappa shape index (κ1) is 15.6. The fourth-order valence-electron chi connectivity index (χ4n) is 2.04. The molecule has 22 heavy (non-hydrogen) atoms. The number of amides is 1. The maximum Gasteiger partial charge on any atom is 0.307 e. The van der Waals surface area contributed by atoms with E-state index >= 15 is 0 Å². The van der Waals surface area contributed by atoms with E-state index in [2.05, 4.69) is 15.0 Å². The summed E-state index contributed by atoms with van der Waals surface area (Å²) in [4.78, 5) is 38.3. The molecule has 7 heteroatoms. The van der Waals surface area contributed by atoms with Crippen LogP contribution in [0.15, 0.2) is 29.2 Å². The number of nitrogens with one attached hydrogen (secondary N) is 2. The maximum absolute atomic E-state index is 12.4. The summed E-state index contributed by atoms with van der Waals surface area (Å²) >= 11 is 0. The molecule has 0 unspecified atom stereocenters. The summed E-state index contributed by atoms with van der Waals surface area (Å²) in [5.41, 5.74) is 0.106. The molecule has 0 saturated carbocycles. The number of hydrogen-bond donors (Lipinski definition) is 2. The van der Waals surface area contributed by atoms with E-state index in [1.165, 1.54) is 20.4 Å². The average molecular weight is 304 g/mol. The van der Waals surface area contributed by atoms with Gasteiger partial charge in [0, 0.05) is 12.7 Å². The van der Waals surface area contributed by atoms with Crippen LogP contribution in [0, 0.1) is 0 Å². The maximum atomic E-state index is 12.4. The minimum absolute atomic E-state index is 0.0226. The summed E-state index contributed by atoms with van der Waals surface area (Å²) < 4.78 is 9.64. The van der Waals surface area contributed by atoms with Crippen LogP contribution in [0.2, 0.25) is 0 Å². The Morgan fingerprint density at radius 2 is 2.05 bits per heavy atom. The molecule has 7 nitrogen and oxygen atoms in total. The van der Waals surface area contributed by atoms with Crippen LogP contribution in [0.1, 0.15) is 16.8 Å². The summed E-state index contributed by atoms with van der Waals surface area (Å²) in [5, 5.41) is 2.87. The highest BCUT2D eigenvalue weighted by atomic mass is 16.5. The molecule has 2 N–H and O–H groups in total. The number of pyridine rings is 1. The number of ether oxygens (including phenoxy) is 2. The van der Waals surface area contributed by atoms with Gasteiger partial charge in [0.05, 0.1) is 31.5 Å². The van der Waals surface area contributed by atoms with Gasteiger partial charge in [0.25, 0.3) is 5.91 Å². The van der Waals surface area contributed by atoms with Gasteiger partial charge in [0.15, 0.2) is 0 Å². The fraction of sp³-hybridized carbons (Fsp3) is 0.267. The predicted octanol–water partition coefficient (Wildman–Crippen LogP) is 0.830. The van der Waals surface area contributed by atoms with Gasteiger partial charge in [-0.25, -0.2) is 0 Å². The van der Waals surface area contributed by atoms with Crippen molar-refractivity contribution in [2.24, 2.45) is 0 Å². The summed E-state index contributed by atoms with van der Waals surface area (Å²) in [6, 6.07) is 5.01. The Hall–Kier alpha value is -2.83. The molecule has 0 saturated heterocycles. The molecule has 1 heterocycles. The largest absolute Gasteiger partial charge is 0.495 e. The lowest BCUT2D eigenvalue weighted by Crippen LogP contribution is -2.30. The number of para-hydroxylation sites is 1. The van der Waals surface area contributed by atoms with Gasteiger partial charge in [-0.2, -0.15) is 0 Å². The zero-order valence-electron chi connectivity index (χ0n) is 12.3. The van der Waals surface area contributed by atoms with Gasteiger partial charge in [-0.1, -0.05) is 6.07 Å². The van der Waals surface area contributed by atoms with Crippen molar-refractivity contribution in [1.29, 1.82) is 0 Å². The molecule has 0 bridgehead atoms. The van der Waals surface area contributed by atoms with Gasteiger partial charge in [-0.05, 0) is 12.1 Å². The number of methoxy groups -OCH3 is 2. The van der Waals surface area contributed by atoms with Gasteiger partial charge < -0.3 is 19.8 Å². The van der Waals surface area contributed by atoms with Crippen molar-refractivity contribution in [1.82, 2.24) is 10.3 Å². The molecule has 0 spiro atoms. The second-order valence-corrected chi connectivity index (χ2v) is 4.50. The Balaban J connectivity index is 2.25. The van der Waals surface area contributed by atoms with Crippen LogP contribution in [0.3, 0.4) is 0 Å². The minimum atomic E-state index is -0.546. The lowest BCUT2D eigenvalue weighted by atomic mass is 10.1. The Kier molecular flexibility index (Phi) is 4.77. The third-order valence-electron chi connectivity index (χ3n) is 3.18. The molecule has 0 aliphatic rings. The van der Waals surface area contributed by atoms with Crippen LogP contribution in [0.4, 0.5) is 0 Å². The van der Waals surface area contributed by atoms with Crippen LogP contribution in [0.25, 0.3) is 10.9 Å². The van der Waals surface area contributed by atoms with Crippen molar-refractivity contribution in [3.8, 4) is 5.75 Å². The van der Waals surface area contributed by atoms with Gasteiger partial charge in [-0.3, -0.25) is 14.4 Å². The smallest absolute Gasteiger partial charge is 0.307 e. The zero-order chi connectivity index (χ0) is 16.1. The number of H-pyrrole nitrogens is 1. The van der Waals surface area contributed by atoms with Gasteiger partial charge in [0.2, 0.25) is 5.43 Å². The Morgan fingerprint density at radius 3 is 2.73 bits per heavy atom. The third-order valence-corrected chi connectivity index (χ3v) is 3.18. The average Bonchev–Trinajstić information content (AvgIpc) is 2.54. The molecule has 116 valence electrons. The topological polar surface area (TPSA) is 97.5 Å². The lowest BCUT2D eigenvalue weighted by Gasteiger charge is -2.07. The Bertz CT molecular complexity index is 766. The SMILES string of the molecule is COC(=O)CCNC(=O)c1c[nH]c2c(OC)cccc2c1=O. The van der Waals surface area contributed by atoms with Crippen LogP contribution in [-0.2, 0) is 9.53 Å².